The van der Waals surface area contributed by atoms with E-state index in [-0.39, 0.29) is 0 Å². The Balaban J connectivity index is 3.54. The molecule has 0 saturated heterocycles. The maximum atomic E-state index is 3.68. The first-order chi connectivity index (χ1) is 4.81. The van der Waals surface area contributed by atoms with Gasteiger partial charge in [-0.3, -0.25) is 0 Å². The Hall–Kier alpha value is -0.780. The average molecular weight is 136 g/mol. The summed E-state index contributed by atoms with van der Waals surface area (Å²) in [5.74, 6) is 0.488. The van der Waals surface area contributed by atoms with Crippen LogP contribution in [0.1, 0.15) is 20.3 Å². The van der Waals surface area contributed by atoms with E-state index in [0.717, 1.165) is 6.42 Å². The molecule has 0 N–H and O–H groups in total. The quantitative estimate of drug-likeness (QED) is 0.411. The van der Waals surface area contributed by atoms with E-state index in [0.29, 0.717) is 5.92 Å². The summed E-state index contributed by atoms with van der Waals surface area (Å²) in [7, 11) is 0. The van der Waals surface area contributed by atoms with Gasteiger partial charge in [-0.05, 0) is 12.3 Å². The molecule has 0 radical (unpaired) electrons. The van der Waals surface area contributed by atoms with Gasteiger partial charge in [0.15, 0.2) is 0 Å². The molecule has 0 heteroatoms. The predicted octanol–water partition coefficient (Wildman–Crippen LogP) is 3.33. The Morgan fingerprint density at radius 1 is 1.40 bits per heavy atom. The van der Waals surface area contributed by atoms with Crippen LogP contribution < -0.4 is 0 Å². The Morgan fingerprint density at radius 2 is 2.10 bits per heavy atom. The van der Waals surface area contributed by atoms with Crippen LogP contribution in [-0.4, -0.2) is 0 Å². The van der Waals surface area contributed by atoms with Crippen molar-refractivity contribution in [2.75, 3.05) is 0 Å². The maximum Gasteiger partial charge on any atom is -0.00814 e. The second-order valence-corrected chi connectivity index (χ2v) is 2.32. The SMILES string of the molecule is C=CC(C)/C=C/C=C/CC. The normalized spacial score (nSPS) is 14.6. The minimum atomic E-state index is 0.488. The summed E-state index contributed by atoms with van der Waals surface area (Å²) in [5, 5.41) is 0. The predicted molar refractivity (Wildman–Crippen MR) is 47.9 cm³/mol. The Bertz CT molecular complexity index is 129. The molecule has 0 spiro atoms. The van der Waals surface area contributed by atoms with E-state index in [1.54, 1.807) is 0 Å². The molecule has 0 bridgehead atoms. The van der Waals surface area contributed by atoms with E-state index in [1.165, 1.54) is 0 Å². The van der Waals surface area contributed by atoms with Gasteiger partial charge in [0.1, 0.15) is 0 Å². The van der Waals surface area contributed by atoms with E-state index in [9.17, 15) is 0 Å². The van der Waals surface area contributed by atoms with Crippen molar-refractivity contribution in [1.82, 2.24) is 0 Å². The van der Waals surface area contributed by atoms with Gasteiger partial charge in [-0.15, -0.1) is 6.58 Å². The van der Waals surface area contributed by atoms with Crippen molar-refractivity contribution in [3.8, 4) is 0 Å². The highest BCUT2D eigenvalue weighted by Gasteiger charge is 1.82. The van der Waals surface area contributed by atoms with Gasteiger partial charge >= 0.3 is 0 Å². The average Bonchev–Trinajstić information content (AvgIpc) is 1.98. The first kappa shape index (κ1) is 9.22. The molecule has 0 aliphatic heterocycles. The summed E-state index contributed by atoms with van der Waals surface area (Å²) in [6, 6.07) is 0. The van der Waals surface area contributed by atoms with Crippen LogP contribution in [0.3, 0.4) is 0 Å². The fraction of sp³-hybridized carbons (Fsp3) is 0.400. The van der Waals surface area contributed by atoms with Crippen LogP contribution in [0.4, 0.5) is 0 Å². The maximum absolute atomic E-state index is 3.68. The second-order valence-electron chi connectivity index (χ2n) is 2.32. The molecule has 0 nitrogen and oxygen atoms in total. The molecular formula is C10H16. The standard InChI is InChI=1S/C10H16/c1-4-6-7-8-9-10(3)5-2/h5-10H,2,4H2,1,3H3/b7-6+,9-8+. The molecule has 0 saturated carbocycles. The first-order valence-electron chi connectivity index (χ1n) is 3.77. The number of hydrogen-bond donors (Lipinski definition) is 0. The van der Waals surface area contributed by atoms with Crippen LogP contribution in [-0.2, 0) is 0 Å². The Labute approximate surface area is 64.0 Å². The Kier molecular flexibility index (Phi) is 5.85. The molecule has 0 rings (SSSR count). The first-order valence-corrected chi connectivity index (χ1v) is 3.77. The molecule has 56 valence electrons. The molecule has 1 unspecified atom stereocenters. The molecule has 0 amide bonds. The third kappa shape index (κ3) is 5.36. The minimum Gasteiger partial charge on any atom is -0.102 e. The monoisotopic (exact) mass is 136 g/mol. The molecular weight excluding hydrogens is 120 g/mol. The molecule has 0 heterocycles. The van der Waals surface area contributed by atoms with E-state index in [1.807, 2.05) is 6.08 Å². The zero-order valence-electron chi connectivity index (χ0n) is 6.88. The van der Waals surface area contributed by atoms with Crippen LogP contribution in [0.25, 0.3) is 0 Å². The number of rotatable bonds is 4. The van der Waals surface area contributed by atoms with Crippen molar-refractivity contribution in [1.29, 1.82) is 0 Å². The summed E-state index contributed by atoms with van der Waals surface area (Å²) >= 11 is 0. The van der Waals surface area contributed by atoms with Gasteiger partial charge < -0.3 is 0 Å². The fourth-order valence-electron chi connectivity index (χ4n) is 0.533. The molecule has 10 heavy (non-hydrogen) atoms. The largest absolute Gasteiger partial charge is 0.102 e. The van der Waals surface area contributed by atoms with Gasteiger partial charge in [0.2, 0.25) is 0 Å². The van der Waals surface area contributed by atoms with E-state index in [2.05, 4.69) is 44.7 Å². The summed E-state index contributed by atoms with van der Waals surface area (Å²) in [4.78, 5) is 0. The van der Waals surface area contributed by atoms with Crippen molar-refractivity contribution in [2.24, 2.45) is 5.92 Å². The van der Waals surface area contributed by atoms with Crippen molar-refractivity contribution in [3.63, 3.8) is 0 Å². The molecule has 0 aromatic heterocycles. The lowest BCUT2D eigenvalue weighted by molar-refractivity contribution is 0.944. The second kappa shape index (κ2) is 6.34. The zero-order valence-corrected chi connectivity index (χ0v) is 6.88. The van der Waals surface area contributed by atoms with Gasteiger partial charge in [-0.2, -0.15) is 0 Å². The molecule has 0 aliphatic rings. The van der Waals surface area contributed by atoms with Crippen molar-refractivity contribution >= 4 is 0 Å². The molecule has 0 aromatic carbocycles. The smallest absolute Gasteiger partial charge is 0.00814 e. The highest BCUT2D eigenvalue weighted by atomic mass is 13.9. The van der Waals surface area contributed by atoms with Gasteiger partial charge in [-0.25, -0.2) is 0 Å². The van der Waals surface area contributed by atoms with E-state index < -0.39 is 0 Å². The van der Waals surface area contributed by atoms with Gasteiger partial charge in [-0.1, -0.05) is 44.2 Å². The molecule has 0 aromatic rings. The van der Waals surface area contributed by atoms with Gasteiger partial charge in [0.05, 0.1) is 0 Å². The van der Waals surface area contributed by atoms with Crippen molar-refractivity contribution in [3.05, 3.63) is 37.0 Å². The lowest BCUT2D eigenvalue weighted by atomic mass is 10.1. The molecule has 1 atom stereocenters. The van der Waals surface area contributed by atoms with E-state index in [4.69, 9.17) is 0 Å². The van der Waals surface area contributed by atoms with E-state index >= 15 is 0 Å². The molecule has 0 fully saturated rings. The van der Waals surface area contributed by atoms with Crippen LogP contribution in [0.5, 0.6) is 0 Å². The Morgan fingerprint density at radius 3 is 2.60 bits per heavy atom. The lowest BCUT2D eigenvalue weighted by Crippen LogP contribution is -1.77. The van der Waals surface area contributed by atoms with Gasteiger partial charge in [0, 0.05) is 0 Å². The molecule has 0 aliphatic carbocycles. The summed E-state index contributed by atoms with van der Waals surface area (Å²) in [6.07, 6.45) is 11.4. The fourth-order valence-corrected chi connectivity index (χ4v) is 0.533. The van der Waals surface area contributed by atoms with Crippen molar-refractivity contribution < 1.29 is 0 Å². The summed E-state index contributed by atoms with van der Waals surface area (Å²) in [6.45, 7) is 7.92. The third-order valence-electron chi connectivity index (χ3n) is 1.27. The lowest BCUT2D eigenvalue weighted by Gasteiger charge is -1.91. The third-order valence-corrected chi connectivity index (χ3v) is 1.27. The van der Waals surface area contributed by atoms with Crippen LogP contribution in [0.2, 0.25) is 0 Å². The van der Waals surface area contributed by atoms with Crippen molar-refractivity contribution in [2.45, 2.75) is 20.3 Å². The zero-order chi connectivity index (χ0) is 7.82. The highest BCUT2D eigenvalue weighted by Crippen LogP contribution is 1.96. The number of allylic oxidation sites excluding steroid dienone is 5. The van der Waals surface area contributed by atoms with Crippen LogP contribution in [0, 0.1) is 5.92 Å². The van der Waals surface area contributed by atoms with Crippen LogP contribution >= 0.6 is 0 Å². The number of hydrogen-bond acceptors (Lipinski definition) is 0. The highest BCUT2D eigenvalue weighted by molar-refractivity contribution is 5.06. The van der Waals surface area contributed by atoms with Crippen LogP contribution in [0.15, 0.2) is 37.0 Å². The minimum absolute atomic E-state index is 0.488. The summed E-state index contributed by atoms with van der Waals surface area (Å²) in [5.41, 5.74) is 0. The van der Waals surface area contributed by atoms with Gasteiger partial charge in [0.25, 0.3) is 0 Å². The topological polar surface area (TPSA) is 0 Å². The summed E-state index contributed by atoms with van der Waals surface area (Å²) < 4.78 is 0.